The molecule has 1 aliphatic heterocycles. The van der Waals surface area contributed by atoms with Crippen LogP contribution in [0.15, 0.2) is 94.7 Å². The lowest BCUT2D eigenvalue weighted by Crippen LogP contribution is -2.41. The molecule has 2 heterocycles. The highest BCUT2D eigenvalue weighted by Crippen LogP contribution is 2.26. The molecular weight excluding hydrogens is 474 g/mol. The molecule has 1 unspecified atom stereocenters. The van der Waals surface area contributed by atoms with Crippen LogP contribution in [0, 0.1) is 0 Å². The summed E-state index contributed by atoms with van der Waals surface area (Å²) in [4.78, 5) is 26.7. The molecule has 1 amide bonds. The van der Waals surface area contributed by atoms with E-state index in [1.807, 2.05) is 0 Å². The van der Waals surface area contributed by atoms with Crippen LogP contribution in [0.4, 0.5) is 5.69 Å². The summed E-state index contributed by atoms with van der Waals surface area (Å²) in [5, 5.41) is 2.14. The van der Waals surface area contributed by atoms with E-state index < -0.39 is 16.1 Å². The van der Waals surface area contributed by atoms with Crippen LogP contribution in [-0.4, -0.2) is 31.5 Å². The van der Waals surface area contributed by atoms with Crippen molar-refractivity contribution in [2.24, 2.45) is 0 Å². The van der Waals surface area contributed by atoms with Gasteiger partial charge >= 0.3 is 0 Å². The van der Waals surface area contributed by atoms with Crippen molar-refractivity contribution >= 4 is 44.0 Å². The predicted octanol–water partition coefficient (Wildman–Crippen LogP) is 3.73. The Labute approximate surface area is 201 Å². The Morgan fingerprint density at radius 1 is 0.853 bits per heavy atom. The van der Waals surface area contributed by atoms with Crippen molar-refractivity contribution in [2.75, 3.05) is 11.4 Å². The Bertz CT molecular complexity index is 1570. The van der Waals surface area contributed by atoms with Crippen LogP contribution in [0.5, 0.6) is 0 Å². The Balaban J connectivity index is 1.33. The van der Waals surface area contributed by atoms with Gasteiger partial charge in [-0.15, -0.1) is 0 Å². The fourth-order valence-electron chi connectivity index (χ4n) is 4.10. The van der Waals surface area contributed by atoms with E-state index in [1.54, 1.807) is 77.8 Å². The first-order valence-corrected chi connectivity index (χ1v) is 12.5. The summed E-state index contributed by atoms with van der Waals surface area (Å²) in [6.45, 7) is 0.382. The van der Waals surface area contributed by atoms with E-state index in [1.165, 1.54) is 16.7 Å². The molecule has 0 saturated carbocycles. The fourth-order valence-corrected chi connectivity index (χ4v) is 5.54. The first-order valence-electron chi connectivity index (χ1n) is 10.6. The van der Waals surface area contributed by atoms with E-state index >= 15 is 0 Å². The van der Waals surface area contributed by atoms with Gasteiger partial charge in [0.2, 0.25) is 15.9 Å². The van der Waals surface area contributed by atoms with Gasteiger partial charge < -0.3 is 4.90 Å². The smallest absolute Gasteiger partial charge is 0.255 e. The molecule has 1 aliphatic rings. The Morgan fingerprint density at radius 2 is 1.56 bits per heavy atom. The number of rotatable bonds is 5. The van der Waals surface area contributed by atoms with Crippen LogP contribution in [0.3, 0.4) is 0 Å². The molecule has 1 saturated heterocycles. The number of hydrogen-bond donors (Lipinski definition) is 1. The largest absolute Gasteiger partial charge is 0.311 e. The first kappa shape index (κ1) is 22.3. The Kier molecular flexibility index (Phi) is 5.73. The zero-order valence-corrected chi connectivity index (χ0v) is 19.5. The fraction of sp³-hybridized carbons (Fsp3) is 0.120. The summed E-state index contributed by atoms with van der Waals surface area (Å²) in [5.41, 5.74) is 1.16. The zero-order valence-electron chi connectivity index (χ0n) is 17.9. The maximum atomic E-state index is 13.0. The number of anilines is 1. The van der Waals surface area contributed by atoms with Crippen molar-refractivity contribution < 1.29 is 13.2 Å². The summed E-state index contributed by atoms with van der Waals surface area (Å²) in [6.07, 6.45) is 2.02. The molecule has 7 nitrogen and oxygen atoms in total. The molecule has 172 valence electrons. The van der Waals surface area contributed by atoms with E-state index in [0.29, 0.717) is 29.4 Å². The molecule has 0 bridgehead atoms. The van der Waals surface area contributed by atoms with Crippen molar-refractivity contribution in [1.82, 2.24) is 9.29 Å². The van der Waals surface area contributed by atoms with E-state index in [0.717, 1.165) is 10.8 Å². The summed E-state index contributed by atoms with van der Waals surface area (Å²) in [7, 11) is -3.90. The van der Waals surface area contributed by atoms with Crippen molar-refractivity contribution in [3.63, 3.8) is 0 Å². The molecule has 3 aromatic carbocycles. The highest BCUT2D eigenvalue weighted by molar-refractivity contribution is 7.89. The minimum absolute atomic E-state index is 0.0891. The molecule has 0 spiro atoms. The number of halogens is 1. The maximum Gasteiger partial charge on any atom is 0.255 e. The second kappa shape index (κ2) is 8.72. The average molecular weight is 494 g/mol. The monoisotopic (exact) mass is 493 g/mol. The van der Waals surface area contributed by atoms with E-state index in [2.05, 4.69) is 4.72 Å². The Morgan fingerprint density at radius 3 is 2.32 bits per heavy atom. The van der Waals surface area contributed by atoms with E-state index in [4.69, 9.17) is 11.6 Å². The van der Waals surface area contributed by atoms with Crippen molar-refractivity contribution in [3.05, 3.63) is 100 Å². The highest BCUT2D eigenvalue weighted by atomic mass is 35.5. The third kappa shape index (κ3) is 4.23. The second-order valence-corrected chi connectivity index (χ2v) is 10.2. The van der Waals surface area contributed by atoms with Gasteiger partial charge in [-0.2, -0.15) is 4.72 Å². The van der Waals surface area contributed by atoms with Crippen LogP contribution >= 0.6 is 11.6 Å². The minimum Gasteiger partial charge on any atom is -0.311 e. The van der Waals surface area contributed by atoms with E-state index in [-0.39, 0.29) is 16.4 Å². The number of nitrogens with one attached hydrogen (secondary N) is 1. The summed E-state index contributed by atoms with van der Waals surface area (Å²) in [5.74, 6) is -0.319. The van der Waals surface area contributed by atoms with Crippen molar-refractivity contribution in [3.8, 4) is 5.69 Å². The molecule has 1 fully saturated rings. The van der Waals surface area contributed by atoms with Crippen LogP contribution in [-0.2, 0) is 14.8 Å². The van der Waals surface area contributed by atoms with Gasteiger partial charge in [0.25, 0.3) is 5.56 Å². The maximum absolute atomic E-state index is 13.0. The SMILES string of the molecule is O=C1C(NS(=O)(=O)c2ccc3cc(Cl)ccc3c2)CCN1c1ccc(-n2ccccc2=O)cc1. The molecule has 1 N–H and O–H groups in total. The highest BCUT2D eigenvalue weighted by Gasteiger charge is 2.35. The van der Waals surface area contributed by atoms with Crippen molar-refractivity contribution in [1.29, 1.82) is 0 Å². The number of pyridine rings is 1. The lowest BCUT2D eigenvalue weighted by molar-refractivity contribution is -0.118. The third-order valence-corrected chi connectivity index (χ3v) is 7.55. The number of sulfonamides is 1. The summed E-state index contributed by atoms with van der Waals surface area (Å²) in [6, 6.07) is 21.0. The van der Waals surface area contributed by atoms with Gasteiger partial charge in [0.15, 0.2) is 0 Å². The number of carbonyl (C=O) groups is 1. The van der Waals surface area contributed by atoms with Gasteiger partial charge in [-0.05, 0) is 71.8 Å². The average Bonchev–Trinajstić information content (AvgIpc) is 3.18. The predicted molar refractivity (Wildman–Crippen MR) is 132 cm³/mol. The molecule has 1 aromatic heterocycles. The van der Waals surface area contributed by atoms with E-state index in [9.17, 15) is 18.0 Å². The van der Waals surface area contributed by atoms with Gasteiger partial charge in [-0.25, -0.2) is 8.42 Å². The number of carbonyl (C=O) groups excluding carboxylic acids is 1. The van der Waals surface area contributed by atoms with Crippen LogP contribution < -0.4 is 15.2 Å². The van der Waals surface area contributed by atoms with Crippen LogP contribution in [0.2, 0.25) is 5.02 Å². The topological polar surface area (TPSA) is 88.5 Å². The summed E-state index contributed by atoms with van der Waals surface area (Å²) >= 11 is 6.00. The van der Waals surface area contributed by atoms with Crippen LogP contribution in [0.1, 0.15) is 6.42 Å². The molecule has 9 heteroatoms. The van der Waals surface area contributed by atoms with Gasteiger partial charge in [-0.1, -0.05) is 29.8 Å². The van der Waals surface area contributed by atoms with Gasteiger partial charge in [0.1, 0.15) is 6.04 Å². The number of fused-ring (bicyclic) bond motifs is 1. The number of hydrogen-bond acceptors (Lipinski definition) is 4. The Hall–Kier alpha value is -3.46. The molecule has 5 rings (SSSR count). The number of aromatic nitrogens is 1. The van der Waals surface area contributed by atoms with Gasteiger partial charge in [-0.3, -0.25) is 14.2 Å². The second-order valence-electron chi connectivity index (χ2n) is 8.03. The number of nitrogens with zero attached hydrogens (tertiary/aromatic N) is 2. The lowest BCUT2D eigenvalue weighted by Gasteiger charge is -2.18. The third-order valence-electron chi connectivity index (χ3n) is 5.85. The normalized spacial score (nSPS) is 16.3. The summed E-state index contributed by atoms with van der Waals surface area (Å²) < 4.78 is 30.0. The first-order chi connectivity index (χ1) is 16.3. The van der Waals surface area contributed by atoms with Crippen molar-refractivity contribution in [2.45, 2.75) is 17.4 Å². The number of benzene rings is 3. The molecule has 34 heavy (non-hydrogen) atoms. The lowest BCUT2D eigenvalue weighted by atomic mass is 10.1. The quantitative estimate of drug-likeness (QED) is 0.459. The molecule has 4 aromatic rings. The minimum atomic E-state index is -3.90. The number of amides is 1. The standard InChI is InChI=1S/C25H20ClN3O4S/c26-19-6-4-18-16-22(11-5-17(18)15-19)34(32,33)27-23-12-14-29(25(23)31)21-9-7-20(8-10-21)28-13-2-1-3-24(28)30/h1-11,13,15-16,23,27H,12,14H2. The molecule has 0 aliphatic carbocycles. The zero-order chi connectivity index (χ0) is 23.9. The molecular formula is C25H20ClN3O4S. The molecule has 0 radical (unpaired) electrons. The van der Waals surface area contributed by atoms with Crippen LogP contribution in [0.25, 0.3) is 16.5 Å². The molecule has 1 atom stereocenters. The van der Waals surface area contributed by atoms with Gasteiger partial charge in [0, 0.05) is 35.2 Å². The van der Waals surface area contributed by atoms with Gasteiger partial charge in [0.05, 0.1) is 4.90 Å².